The van der Waals surface area contributed by atoms with Gasteiger partial charge in [0.1, 0.15) is 5.75 Å². The largest absolute Gasteiger partial charge is 0.478 e. The van der Waals surface area contributed by atoms with Crippen LogP contribution >= 0.6 is 23.2 Å². The number of nitrogens with zero attached hydrogens (tertiary/aromatic N) is 1. The van der Waals surface area contributed by atoms with Crippen LogP contribution in [0.2, 0.25) is 10.0 Å². The third kappa shape index (κ3) is 3.17. The topological polar surface area (TPSA) is 66.8 Å². The smallest absolute Gasteiger partial charge is 0.335 e. The highest BCUT2D eigenvalue weighted by molar-refractivity contribution is 6.36. The Balaban J connectivity index is 2.10. The monoisotopic (exact) mass is 379 g/mol. The van der Waals surface area contributed by atoms with Gasteiger partial charge in [-0.25, -0.2) is 4.79 Å². The average Bonchev–Trinajstić information content (AvgIpc) is 2.53. The zero-order chi connectivity index (χ0) is 18.4. The number of aromatic carboxylic acids is 1. The molecule has 1 aliphatic rings. The summed E-state index contributed by atoms with van der Waals surface area (Å²) in [5, 5.41) is 10.1. The molecular weight excluding hydrogens is 365 g/mol. The van der Waals surface area contributed by atoms with Crippen LogP contribution in [0.4, 0.5) is 5.69 Å². The molecule has 7 heteroatoms. The van der Waals surface area contributed by atoms with Crippen molar-refractivity contribution >= 4 is 40.8 Å². The molecule has 0 spiro atoms. The average molecular weight is 380 g/mol. The summed E-state index contributed by atoms with van der Waals surface area (Å²) in [7, 11) is 0. The van der Waals surface area contributed by atoms with Gasteiger partial charge in [0, 0.05) is 15.6 Å². The molecule has 0 bridgehead atoms. The second-order valence-corrected chi connectivity index (χ2v) is 7.01. The van der Waals surface area contributed by atoms with Crippen molar-refractivity contribution in [3.05, 3.63) is 57.6 Å². The molecule has 0 atom stereocenters. The van der Waals surface area contributed by atoms with Crippen LogP contribution in [0.3, 0.4) is 0 Å². The van der Waals surface area contributed by atoms with E-state index in [-0.39, 0.29) is 18.0 Å². The maximum absolute atomic E-state index is 12.9. The number of carbonyl (C=O) groups is 2. The van der Waals surface area contributed by atoms with Gasteiger partial charge < -0.3 is 14.7 Å². The van der Waals surface area contributed by atoms with Gasteiger partial charge in [-0.2, -0.15) is 0 Å². The molecule has 0 unspecified atom stereocenters. The number of carbonyl (C=O) groups excluding carboxylic acids is 1. The van der Waals surface area contributed by atoms with Crippen molar-refractivity contribution in [2.75, 3.05) is 4.90 Å². The number of ether oxygens (including phenoxy) is 1. The molecule has 0 aliphatic carbocycles. The normalized spacial score (nSPS) is 15.5. The Kier molecular flexibility index (Phi) is 4.39. The first-order valence-corrected chi connectivity index (χ1v) is 8.27. The van der Waals surface area contributed by atoms with Gasteiger partial charge in [-0.3, -0.25) is 4.79 Å². The molecule has 2 aromatic carbocycles. The van der Waals surface area contributed by atoms with Crippen molar-refractivity contribution in [2.45, 2.75) is 26.0 Å². The molecule has 1 amide bonds. The van der Waals surface area contributed by atoms with Crippen molar-refractivity contribution in [2.24, 2.45) is 0 Å². The van der Waals surface area contributed by atoms with Crippen LogP contribution in [-0.4, -0.2) is 22.6 Å². The molecule has 3 rings (SSSR count). The van der Waals surface area contributed by atoms with E-state index < -0.39 is 11.6 Å². The maximum Gasteiger partial charge on any atom is 0.335 e. The Bertz CT molecular complexity index is 859. The van der Waals surface area contributed by atoms with E-state index >= 15 is 0 Å². The lowest BCUT2D eigenvalue weighted by Crippen LogP contribution is -2.52. The van der Waals surface area contributed by atoms with Crippen LogP contribution in [0.25, 0.3) is 0 Å². The standard InChI is InChI=1S/C18H15Cl2NO4/c1-18(2)17(24)21(9-11-12(19)4-3-5-13(11)20)14-7-6-10(16(22)23)8-15(14)25-18/h3-8H,9H2,1-2H3,(H,22,23). The number of carboxylic acids is 1. The molecular formula is C18H15Cl2NO4. The number of anilines is 1. The van der Waals surface area contributed by atoms with Crippen molar-refractivity contribution in [3.63, 3.8) is 0 Å². The van der Waals surface area contributed by atoms with Gasteiger partial charge in [0.2, 0.25) is 0 Å². The highest BCUT2D eigenvalue weighted by Crippen LogP contribution is 2.40. The van der Waals surface area contributed by atoms with Crippen LogP contribution in [0, 0.1) is 0 Å². The predicted octanol–water partition coefficient (Wildman–Crippen LogP) is 4.40. The van der Waals surface area contributed by atoms with Crippen LogP contribution in [0.15, 0.2) is 36.4 Å². The van der Waals surface area contributed by atoms with Gasteiger partial charge in [-0.15, -0.1) is 0 Å². The number of fused-ring (bicyclic) bond motifs is 1. The summed E-state index contributed by atoms with van der Waals surface area (Å²) in [6, 6.07) is 9.52. The Morgan fingerprint density at radius 1 is 1.20 bits per heavy atom. The van der Waals surface area contributed by atoms with Gasteiger partial charge in [0.15, 0.2) is 5.60 Å². The van der Waals surface area contributed by atoms with E-state index in [4.69, 9.17) is 27.9 Å². The Labute approximate surface area is 154 Å². The molecule has 130 valence electrons. The molecule has 25 heavy (non-hydrogen) atoms. The first-order chi connectivity index (χ1) is 11.7. The van der Waals surface area contributed by atoms with Gasteiger partial charge in [-0.05, 0) is 44.2 Å². The Hall–Kier alpha value is -2.24. The first kappa shape index (κ1) is 17.6. The molecule has 1 aliphatic heterocycles. The summed E-state index contributed by atoms with van der Waals surface area (Å²) in [4.78, 5) is 25.6. The number of hydrogen-bond acceptors (Lipinski definition) is 3. The fourth-order valence-electron chi connectivity index (χ4n) is 2.70. The van der Waals surface area contributed by atoms with Gasteiger partial charge in [0.25, 0.3) is 5.91 Å². The SMILES string of the molecule is CC1(C)Oc2cc(C(=O)O)ccc2N(Cc2c(Cl)cccc2Cl)C1=O. The highest BCUT2D eigenvalue weighted by Gasteiger charge is 2.41. The third-order valence-corrected chi connectivity index (χ3v) is 4.71. The number of amides is 1. The molecule has 0 aromatic heterocycles. The van der Waals surface area contributed by atoms with Crippen LogP contribution in [0.5, 0.6) is 5.75 Å². The van der Waals surface area contributed by atoms with Gasteiger partial charge in [-0.1, -0.05) is 29.3 Å². The molecule has 5 nitrogen and oxygen atoms in total. The van der Waals surface area contributed by atoms with Crippen LogP contribution in [0.1, 0.15) is 29.8 Å². The van der Waals surface area contributed by atoms with Gasteiger partial charge in [0.05, 0.1) is 17.8 Å². The predicted molar refractivity (Wildman–Crippen MR) is 95.8 cm³/mol. The number of hydrogen-bond donors (Lipinski definition) is 1. The zero-order valence-electron chi connectivity index (χ0n) is 13.5. The summed E-state index contributed by atoms with van der Waals surface area (Å²) in [6.45, 7) is 3.42. The summed E-state index contributed by atoms with van der Waals surface area (Å²) >= 11 is 12.5. The third-order valence-electron chi connectivity index (χ3n) is 4.00. The molecule has 0 fully saturated rings. The molecule has 0 radical (unpaired) electrons. The van der Waals surface area contributed by atoms with E-state index in [9.17, 15) is 14.7 Å². The summed E-state index contributed by atoms with van der Waals surface area (Å²) in [5.74, 6) is -1.01. The van der Waals surface area contributed by atoms with E-state index in [0.717, 1.165) is 0 Å². The number of rotatable bonds is 3. The lowest BCUT2D eigenvalue weighted by atomic mass is 10.0. The second-order valence-electron chi connectivity index (χ2n) is 6.19. The number of halogens is 2. The number of benzene rings is 2. The Morgan fingerprint density at radius 3 is 2.44 bits per heavy atom. The van der Waals surface area contributed by atoms with Crippen molar-refractivity contribution in [1.82, 2.24) is 0 Å². The lowest BCUT2D eigenvalue weighted by Gasteiger charge is -2.39. The molecule has 0 saturated carbocycles. The number of carboxylic acid groups (broad SMARTS) is 1. The minimum atomic E-state index is -1.14. The Morgan fingerprint density at radius 2 is 1.84 bits per heavy atom. The van der Waals surface area contributed by atoms with E-state index in [1.807, 2.05) is 0 Å². The summed E-state index contributed by atoms with van der Waals surface area (Å²) < 4.78 is 5.73. The summed E-state index contributed by atoms with van der Waals surface area (Å²) in [5.41, 5.74) is 0.0350. The van der Waals surface area contributed by atoms with E-state index in [0.29, 0.717) is 27.0 Å². The van der Waals surface area contributed by atoms with Crippen molar-refractivity contribution in [1.29, 1.82) is 0 Å². The van der Waals surface area contributed by atoms with E-state index in [1.54, 1.807) is 38.1 Å². The minimum Gasteiger partial charge on any atom is -0.478 e. The highest BCUT2D eigenvalue weighted by atomic mass is 35.5. The molecule has 0 saturated heterocycles. The van der Waals surface area contributed by atoms with Gasteiger partial charge >= 0.3 is 5.97 Å². The second kappa shape index (κ2) is 6.24. The molecule has 1 N–H and O–H groups in total. The fraction of sp³-hybridized carbons (Fsp3) is 0.222. The quantitative estimate of drug-likeness (QED) is 0.858. The lowest BCUT2D eigenvalue weighted by molar-refractivity contribution is -0.132. The van der Waals surface area contributed by atoms with E-state index in [2.05, 4.69) is 0 Å². The molecule has 1 heterocycles. The van der Waals surface area contributed by atoms with Crippen LogP contribution in [-0.2, 0) is 11.3 Å². The van der Waals surface area contributed by atoms with Crippen molar-refractivity contribution in [3.8, 4) is 5.75 Å². The zero-order valence-corrected chi connectivity index (χ0v) is 15.1. The van der Waals surface area contributed by atoms with Crippen LogP contribution < -0.4 is 9.64 Å². The first-order valence-electron chi connectivity index (χ1n) is 7.52. The van der Waals surface area contributed by atoms with Crippen molar-refractivity contribution < 1.29 is 19.4 Å². The minimum absolute atomic E-state index is 0.0830. The summed E-state index contributed by atoms with van der Waals surface area (Å²) in [6.07, 6.45) is 0. The van der Waals surface area contributed by atoms with E-state index in [1.165, 1.54) is 17.0 Å². The maximum atomic E-state index is 12.9. The fourth-order valence-corrected chi connectivity index (χ4v) is 3.22. The molecule has 2 aromatic rings.